The Balaban J connectivity index is 2.07. The summed E-state index contributed by atoms with van der Waals surface area (Å²) < 4.78 is 37.8. The van der Waals surface area contributed by atoms with Gasteiger partial charge in [0.25, 0.3) is 0 Å². The highest BCUT2D eigenvalue weighted by atomic mass is 19.4. The van der Waals surface area contributed by atoms with Gasteiger partial charge >= 0.3 is 6.18 Å². The lowest BCUT2D eigenvalue weighted by Crippen LogP contribution is -2.07. The molecule has 2 aromatic carbocycles. The van der Waals surface area contributed by atoms with Gasteiger partial charge in [0.05, 0.1) is 5.56 Å². The molecule has 0 aliphatic carbocycles. The SMILES string of the molecule is Cc1cccc(NC(=O)/C=C/c2cccc(C(F)(F)F)c2)c1. The minimum atomic E-state index is -4.40. The number of rotatable bonds is 3. The summed E-state index contributed by atoms with van der Waals surface area (Å²) in [6, 6.07) is 12.0. The van der Waals surface area contributed by atoms with Crippen molar-refractivity contribution in [3.63, 3.8) is 0 Å². The number of alkyl halides is 3. The van der Waals surface area contributed by atoms with Gasteiger partial charge < -0.3 is 5.32 Å². The van der Waals surface area contributed by atoms with Gasteiger partial charge in [-0.05, 0) is 48.4 Å². The van der Waals surface area contributed by atoms with E-state index in [0.717, 1.165) is 17.7 Å². The molecule has 0 unspecified atom stereocenters. The summed E-state index contributed by atoms with van der Waals surface area (Å²) in [7, 11) is 0. The third-order valence-electron chi connectivity index (χ3n) is 2.93. The minimum Gasteiger partial charge on any atom is -0.323 e. The number of hydrogen-bond donors (Lipinski definition) is 1. The molecule has 22 heavy (non-hydrogen) atoms. The molecule has 0 saturated carbocycles. The number of nitrogens with one attached hydrogen (secondary N) is 1. The van der Waals surface area contributed by atoms with Crippen LogP contribution in [-0.4, -0.2) is 5.91 Å². The number of aryl methyl sites for hydroxylation is 1. The first-order chi connectivity index (χ1) is 10.3. The molecule has 5 heteroatoms. The summed E-state index contributed by atoms with van der Waals surface area (Å²) in [4.78, 5) is 11.8. The van der Waals surface area contributed by atoms with E-state index in [0.29, 0.717) is 11.3 Å². The van der Waals surface area contributed by atoms with Crippen LogP contribution in [-0.2, 0) is 11.0 Å². The van der Waals surface area contributed by atoms with Crippen LogP contribution in [0, 0.1) is 6.92 Å². The van der Waals surface area contributed by atoms with Crippen molar-refractivity contribution in [3.8, 4) is 0 Å². The van der Waals surface area contributed by atoms with Gasteiger partial charge in [-0.2, -0.15) is 13.2 Å². The van der Waals surface area contributed by atoms with Gasteiger partial charge in [-0.15, -0.1) is 0 Å². The normalized spacial score (nSPS) is 11.6. The molecule has 0 aromatic heterocycles. The number of anilines is 1. The molecule has 114 valence electrons. The zero-order valence-corrected chi connectivity index (χ0v) is 11.8. The second kappa shape index (κ2) is 6.47. The van der Waals surface area contributed by atoms with Gasteiger partial charge in [0.2, 0.25) is 5.91 Å². The Morgan fingerprint density at radius 1 is 1.09 bits per heavy atom. The molecule has 0 heterocycles. The lowest BCUT2D eigenvalue weighted by molar-refractivity contribution is -0.137. The zero-order chi connectivity index (χ0) is 16.2. The summed E-state index contributed by atoms with van der Waals surface area (Å²) in [5, 5.41) is 2.65. The van der Waals surface area contributed by atoms with Crippen molar-refractivity contribution < 1.29 is 18.0 Å². The van der Waals surface area contributed by atoms with Crippen LogP contribution in [0.4, 0.5) is 18.9 Å². The fraction of sp³-hybridized carbons (Fsp3) is 0.118. The Morgan fingerprint density at radius 3 is 2.50 bits per heavy atom. The summed E-state index contributed by atoms with van der Waals surface area (Å²) >= 11 is 0. The Morgan fingerprint density at radius 2 is 1.82 bits per heavy atom. The van der Waals surface area contributed by atoms with Crippen LogP contribution in [0.15, 0.2) is 54.6 Å². The van der Waals surface area contributed by atoms with Crippen LogP contribution < -0.4 is 5.32 Å². The third-order valence-corrected chi connectivity index (χ3v) is 2.93. The van der Waals surface area contributed by atoms with Crippen molar-refractivity contribution in [2.45, 2.75) is 13.1 Å². The highest BCUT2D eigenvalue weighted by molar-refractivity contribution is 6.01. The molecule has 0 aliphatic heterocycles. The van der Waals surface area contributed by atoms with Crippen LogP contribution in [0.2, 0.25) is 0 Å². The maximum absolute atomic E-state index is 12.6. The van der Waals surface area contributed by atoms with E-state index in [-0.39, 0.29) is 0 Å². The van der Waals surface area contributed by atoms with Crippen molar-refractivity contribution in [2.75, 3.05) is 5.32 Å². The van der Waals surface area contributed by atoms with Gasteiger partial charge in [-0.1, -0.05) is 24.3 Å². The minimum absolute atomic E-state index is 0.314. The molecule has 0 atom stereocenters. The van der Waals surface area contributed by atoms with Gasteiger partial charge in [-0.25, -0.2) is 0 Å². The summed E-state index contributed by atoms with van der Waals surface area (Å²) in [5.74, 6) is -0.400. The molecule has 2 rings (SSSR count). The van der Waals surface area contributed by atoms with Crippen LogP contribution in [0.5, 0.6) is 0 Å². The average Bonchev–Trinajstić information content (AvgIpc) is 2.45. The summed E-state index contributed by atoms with van der Waals surface area (Å²) in [6.07, 6.45) is -1.84. The highest BCUT2D eigenvalue weighted by Crippen LogP contribution is 2.29. The number of carbonyl (C=O) groups is 1. The van der Waals surface area contributed by atoms with Crippen molar-refractivity contribution in [1.29, 1.82) is 0 Å². The van der Waals surface area contributed by atoms with Crippen molar-refractivity contribution in [2.24, 2.45) is 0 Å². The largest absolute Gasteiger partial charge is 0.416 e. The maximum Gasteiger partial charge on any atom is 0.416 e. The number of amides is 1. The third kappa shape index (κ3) is 4.48. The predicted octanol–water partition coefficient (Wildman–Crippen LogP) is 4.67. The second-order valence-electron chi connectivity index (χ2n) is 4.82. The predicted molar refractivity (Wildman–Crippen MR) is 80.3 cm³/mol. The molecule has 1 amide bonds. The Hall–Kier alpha value is -2.56. The van der Waals surface area contributed by atoms with E-state index < -0.39 is 17.6 Å². The number of hydrogen-bond acceptors (Lipinski definition) is 1. The summed E-state index contributed by atoms with van der Waals surface area (Å²) in [5.41, 5.74) is 1.21. The van der Waals surface area contributed by atoms with E-state index in [4.69, 9.17) is 0 Å². The topological polar surface area (TPSA) is 29.1 Å². The van der Waals surface area contributed by atoms with Gasteiger partial charge in [0, 0.05) is 11.8 Å². The van der Waals surface area contributed by atoms with Gasteiger partial charge in [0.15, 0.2) is 0 Å². The zero-order valence-electron chi connectivity index (χ0n) is 11.8. The lowest BCUT2D eigenvalue weighted by Gasteiger charge is -2.06. The molecule has 0 saturated heterocycles. The first-order valence-electron chi connectivity index (χ1n) is 6.57. The van der Waals surface area contributed by atoms with Gasteiger partial charge in [0.1, 0.15) is 0 Å². The van der Waals surface area contributed by atoms with Gasteiger partial charge in [-0.3, -0.25) is 4.79 Å². The van der Waals surface area contributed by atoms with E-state index in [2.05, 4.69) is 5.32 Å². The van der Waals surface area contributed by atoms with E-state index in [1.807, 2.05) is 19.1 Å². The standard InChI is InChI=1S/C17H14F3NO/c1-12-4-2-7-15(10-12)21-16(22)9-8-13-5-3-6-14(11-13)17(18,19)20/h2-11H,1H3,(H,21,22)/b9-8+. The Bertz CT molecular complexity index is 705. The molecule has 0 aliphatic rings. The number of halogens is 3. The van der Waals surface area contributed by atoms with Crippen LogP contribution in [0.3, 0.4) is 0 Å². The molecule has 0 bridgehead atoms. The molecule has 1 N–H and O–H groups in total. The van der Waals surface area contributed by atoms with E-state index in [9.17, 15) is 18.0 Å². The Kier molecular flexibility index (Phi) is 4.65. The first-order valence-corrected chi connectivity index (χ1v) is 6.57. The number of benzene rings is 2. The van der Waals surface area contributed by atoms with E-state index >= 15 is 0 Å². The Labute approximate surface area is 126 Å². The quantitative estimate of drug-likeness (QED) is 0.821. The molecular weight excluding hydrogens is 291 g/mol. The van der Waals surface area contributed by atoms with Crippen molar-refractivity contribution in [1.82, 2.24) is 0 Å². The van der Waals surface area contributed by atoms with Crippen LogP contribution in [0.25, 0.3) is 6.08 Å². The fourth-order valence-electron chi connectivity index (χ4n) is 1.90. The molecule has 0 spiro atoms. The number of carbonyl (C=O) groups excluding carboxylic acids is 1. The fourth-order valence-corrected chi connectivity index (χ4v) is 1.90. The van der Waals surface area contributed by atoms with Crippen molar-refractivity contribution >= 4 is 17.7 Å². The highest BCUT2D eigenvalue weighted by Gasteiger charge is 2.30. The molecular formula is C17H14F3NO. The van der Waals surface area contributed by atoms with Crippen molar-refractivity contribution in [3.05, 3.63) is 71.3 Å². The van der Waals surface area contributed by atoms with E-state index in [1.165, 1.54) is 24.3 Å². The molecule has 2 nitrogen and oxygen atoms in total. The second-order valence-corrected chi connectivity index (χ2v) is 4.82. The smallest absolute Gasteiger partial charge is 0.323 e. The van der Waals surface area contributed by atoms with Crippen LogP contribution in [0.1, 0.15) is 16.7 Å². The lowest BCUT2D eigenvalue weighted by atomic mass is 10.1. The van der Waals surface area contributed by atoms with Crippen LogP contribution >= 0.6 is 0 Å². The molecule has 2 aromatic rings. The summed E-state index contributed by atoms with van der Waals surface area (Å²) in [6.45, 7) is 1.90. The van der Waals surface area contributed by atoms with E-state index in [1.54, 1.807) is 12.1 Å². The molecule has 0 radical (unpaired) electrons. The monoisotopic (exact) mass is 305 g/mol. The maximum atomic E-state index is 12.6. The average molecular weight is 305 g/mol. The first kappa shape index (κ1) is 15.8. The molecule has 0 fully saturated rings.